The van der Waals surface area contributed by atoms with Crippen LogP contribution in [0.4, 0.5) is 0 Å². The highest BCUT2D eigenvalue weighted by atomic mass is 35.5. The Bertz CT molecular complexity index is 1490. The molecule has 188 valence electrons. The number of methoxy groups -OCH3 is 1. The van der Waals surface area contributed by atoms with Crippen molar-refractivity contribution in [3.63, 3.8) is 0 Å². The fraction of sp³-hybridized carbons (Fsp3) is 0.357. The molecule has 0 saturated carbocycles. The van der Waals surface area contributed by atoms with Crippen molar-refractivity contribution in [3.05, 3.63) is 78.9 Å². The van der Waals surface area contributed by atoms with E-state index in [4.69, 9.17) is 32.9 Å². The lowest BCUT2D eigenvalue weighted by molar-refractivity contribution is 0.218. The summed E-state index contributed by atoms with van der Waals surface area (Å²) in [6.45, 7) is 6.92. The summed E-state index contributed by atoms with van der Waals surface area (Å²) < 4.78 is 7.07. The topological polar surface area (TPSA) is 44.1 Å². The second-order valence-electron chi connectivity index (χ2n) is 10.3. The van der Waals surface area contributed by atoms with Gasteiger partial charge in [-0.3, -0.25) is 9.36 Å². The molecule has 1 atom stereocenters. The van der Waals surface area contributed by atoms with Gasteiger partial charge in [0.25, 0.3) is 5.56 Å². The second kappa shape index (κ2) is 10.1. The molecular formula is C28H28Cl2N2O2S2. The predicted octanol–water partition coefficient (Wildman–Crippen LogP) is 8.21. The molecule has 1 unspecified atom stereocenters. The SMILES string of the molecule is COc1ccc(-n2c(SCc3ccc(Cl)c(Cl)c3)nc3sc4c(c3c2=O)CCC(C(C)(C)C)C4)cc1. The molecule has 0 fully saturated rings. The molecule has 4 nitrogen and oxygen atoms in total. The summed E-state index contributed by atoms with van der Waals surface area (Å²) >= 11 is 15.5. The van der Waals surface area contributed by atoms with Gasteiger partial charge in [0, 0.05) is 10.6 Å². The first-order valence-electron chi connectivity index (χ1n) is 11.9. The Balaban J connectivity index is 1.61. The zero-order valence-electron chi connectivity index (χ0n) is 20.7. The van der Waals surface area contributed by atoms with E-state index in [-0.39, 0.29) is 11.0 Å². The summed E-state index contributed by atoms with van der Waals surface area (Å²) in [6, 6.07) is 13.2. The van der Waals surface area contributed by atoms with Gasteiger partial charge in [-0.05, 0) is 78.1 Å². The highest BCUT2D eigenvalue weighted by Crippen LogP contribution is 2.42. The summed E-state index contributed by atoms with van der Waals surface area (Å²) in [5.74, 6) is 1.96. The lowest BCUT2D eigenvalue weighted by atomic mass is 9.72. The number of hydrogen-bond donors (Lipinski definition) is 0. The maximum absolute atomic E-state index is 14.1. The normalized spacial score (nSPS) is 15.8. The molecule has 0 radical (unpaired) electrons. The number of benzene rings is 2. The molecule has 2 aromatic carbocycles. The summed E-state index contributed by atoms with van der Waals surface area (Å²) in [4.78, 5) is 21.3. The summed E-state index contributed by atoms with van der Waals surface area (Å²) in [5.41, 5.74) is 3.22. The van der Waals surface area contributed by atoms with E-state index in [0.717, 1.165) is 46.5 Å². The number of fused-ring (bicyclic) bond motifs is 3. The molecule has 1 aliphatic rings. The lowest BCUT2D eigenvalue weighted by Crippen LogP contribution is -2.27. The van der Waals surface area contributed by atoms with Crippen molar-refractivity contribution >= 4 is 56.5 Å². The number of nitrogens with zero attached hydrogens (tertiary/aromatic N) is 2. The Morgan fingerprint density at radius 1 is 1.14 bits per heavy atom. The standard InChI is InChI=1S/C28H28Cl2N2O2S2/c1-28(2,3)17-6-11-20-23(14-17)36-25-24(20)26(33)32(18-7-9-19(34-4)10-8-18)27(31-25)35-15-16-5-12-21(29)22(30)13-16/h5,7-10,12-13,17H,6,11,14-15H2,1-4H3. The minimum Gasteiger partial charge on any atom is -0.497 e. The van der Waals surface area contributed by atoms with Crippen LogP contribution in [0, 0.1) is 11.3 Å². The van der Waals surface area contributed by atoms with Gasteiger partial charge < -0.3 is 4.74 Å². The number of halogens is 2. The average Bonchev–Trinajstić information content (AvgIpc) is 3.22. The highest BCUT2D eigenvalue weighted by molar-refractivity contribution is 7.98. The molecular weight excluding hydrogens is 531 g/mol. The third kappa shape index (κ3) is 4.93. The summed E-state index contributed by atoms with van der Waals surface area (Å²) in [7, 11) is 1.63. The van der Waals surface area contributed by atoms with Gasteiger partial charge in [0.05, 0.1) is 28.2 Å². The van der Waals surface area contributed by atoms with E-state index in [2.05, 4.69) is 20.8 Å². The fourth-order valence-electron chi connectivity index (χ4n) is 4.78. The van der Waals surface area contributed by atoms with Crippen LogP contribution in [-0.4, -0.2) is 16.7 Å². The van der Waals surface area contributed by atoms with Gasteiger partial charge in [-0.15, -0.1) is 11.3 Å². The number of thioether (sulfide) groups is 1. The minimum atomic E-state index is -0.00601. The monoisotopic (exact) mass is 558 g/mol. The molecule has 4 aromatic rings. The summed E-state index contributed by atoms with van der Waals surface area (Å²) in [5, 5.41) is 2.48. The molecule has 1 aliphatic carbocycles. The molecule has 0 saturated heterocycles. The molecule has 36 heavy (non-hydrogen) atoms. The van der Waals surface area contributed by atoms with E-state index in [1.54, 1.807) is 29.1 Å². The Hall–Kier alpha value is -1.99. The number of thiophene rings is 1. The van der Waals surface area contributed by atoms with Crippen molar-refractivity contribution in [2.24, 2.45) is 11.3 Å². The van der Waals surface area contributed by atoms with E-state index in [0.29, 0.717) is 26.9 Å². The lowest BCUT2D eigenvalue weighted by Gasteiger charge is -2.33. The number of rotatable bonds is 5. The number of ether oxygens (including phenoxy) is 1. The molecule has 0 bridgehead atoms. The largest absolute Gasteiger partial charge is 0.497 e. The van der Waals surface area contributed by atoms with Crippen molar-refractivity contribution in [3.8, 4) is 11.4 Å². The molecule has 0 amide bonds. The molecule has 8 heteroatoms. The van der Waals surface area contributed by atoms with E-state index in [1.165, 1.54) is 22.2 Å². The van der Waals surface area contributed by atoms with Crippen molar-refractivity contribution < 1.29 is 4.74 Å². The molecule has 0 spiro atoms. The van der Waals surface area contributed by atoms with Gasteiger partial charge in [0.15, 0.2) is 5.16 Å². The van der Waals surface area contributed by atoms with E-state index in [1.807, 2.05) is 36.4 Å². The van der Waals surface area contributed by atoms with Crippen LogP contribution in [-0.2, 0) is 18.6 Å². The maximum Gasteiger partial charge on any atom is 0.267 e. The van der Waals surface area contributed by atoms with Gasteiger partial charge in [-0.25, -0.2) is 4.98 Å². The number of aromatic nitrogens is 2. The zero-order valence-corrected chi connectivity index (χ0v) is 23.9. The second-order valence-corrected chi connectivity index (χ2v) is 13.1. The minimum absolute atomic E-state index is 0.00601. The average molecular weight is 560 g/mol. The molecule has 2 heterocycles. The zero-order chi connectivity index (χ0) is 25.6. The molecule has 0 N–H and O–H groups in total. The Morgan fingerprint density at radius 3 is 2.56 bits per heavy atom. The van der Waals surface area contributed by atoms with Gasteiger partial charge in [0.2, 0.25) is 0 Å². The quantitative estimate of drug-likeness (QED) is 0.183. The van der Waals surface area contributed by atoms with Crippen molar-refractivity contribution in [2.45, 2.75) is 50.9 Å². The predicted molar refractivity (Wildman–Crippen MR) is 153 cm³/mol. The van der Waals surface area contributed by atoms with Gasteiger partial charge in [-0.2, -0.15) is 0 Å². The van der Waals surface area contributed by atoms with Crippen molar-refractivity contribution in [1.82, 2.24) is 9.55 Å². The van der Waals surface area contributed by atoms with Crippen LogP contribution in [0.2, 0.25) is 10.0 Å². The van der Waals surface area contributed by atoms with E-state index in [9.17, 15) is 4.79 Å². The maximum atomic E-state index is 14.1. The smallest absolute Gasteiger partial charge is 0.267 e. The first kappa shape index (κ1) is 25.7. The third-order valence-electron chi connectivity index (χ3n) is 6.96. The van der Waals surface area contributed by atoms with Crippen LogP contribution in [0.3, 0.4) is 0 Å². The van der Waals surface area contributed by atoms with Crippen LogP contribution in [0.5, 0.6) is 5.75 Å². The molecule has 0 aliphatic heterocycles. The van der Waals surface area contributed by atoms with Crippen LogP contribution in [0.15, 0.2) is 52.4 Å². The first-order chi connectivity index (χ1) is 17.2. The number of hydrogen-bond acceptors (Lipinski definition) is 5. The third-order valence-corrected chi connectivity index (χ3v) is 9.86. The van der Waals surface area contributed by atoms with Crippen molar-refractivity contribution in [1.29, 1.82) is 0 Å². The van der Waals surface area contributed by atoms with Crippen molar-refractivity contribution in [2.75, 3.05) is 7.11 Å². The van der Waals surface area contributed by atoms with Crippen LogP contribution < -0.4 is 10.3 Å². The molecule has 2 aromatic heterocycles. The Kier molecular flexibility index (Phi) is 7.16. The Labute approximate surface area is 229 Å². The molecule has 5 rings (SSSR count). The summed E-state index contributed by atoms with van der Waals surface area (Å²) in [6.07, 6.45) is 3.03. The Morgan fingerprint density at radius 2 is 1.89 bits per heavy atom. The first-order valence-corrected chi connectivity index (χ1v) is 14.5. The van der Waals surface area contributed by atoms with Gasteiger partial charge in [0.1, 0.15) is 10.6 Å². The van der Waals surface area contributed by atoms with Crippen LogP contribution >= 0.6 is 46.3 Å². The van der Waals surface area contributed by atoms with Crippen LogP contribution in [0.25, 0.3) is 15.9 Å². The van der Waals surface area contributed by atoms with Gasteiger partial charge >= 0.3 is 0 Å². The van der Waals surface area contributed by atoms with Crippen LogP contribution in [0.1, 0.15) is 43.2 Å². The number of aryl methyl sites for hydroxylation is 1. The van der Waals surface area contributed by atoms with Gasteiger partial charge in [-0.1, -0.05) is 61.8 Å². The fourth-order valence-corrected chi connectivity index (χ4v) is 7.40. The van der Waals surface area contributed by atoms with E-state index < -0.39 is 0 Å². The highest BCUT2D eigenvalue weighted by Gasteiger charge is 2.32. The van der Waals surface area contributed by atoms with E-state index >= 15 is 0 Å².